The first kappa shape index (κ1) is 30.5. The molecular formula is C39H34O6P2. The van der Waals surface area contributed by atoms with Crippen molar-refractivity contribution in [2.24, 2.45) is 5.41 Å². The summed E-state index contributed by atoms with van der Waals surface area (Å²) in [7, 11) is -7.44. The normalized spacial score (nSPS) is 24.7. The van der Waals surface area contributed by atoms with E-state index in [0.717, 1.165) is 43.8 Å². The summed E-state index contributed by atoms with van der Waals surface area (Å²) >= 11 is 0. The zero-order valence-corrected chi connectivity index (χ0v) is 27.5. The highest BCUT2D eigenvalue weighted by molar-refractivity contribution is 7.55. The molecule has 8 heteroatoms. The van der Waals surface area contributed by atoms with Gasteiger partial charge in [0.1, 0.15) is 11.3 Å². The molecule has 2 fully saturated rings. The van der Waals surface area contributed by atoms with Crippen molar-refractivity contribution in [3.63, 3.8) is 0 Å². The zero-order valence-electron chi connectivity index (χ0n) is 25.7. The molecule has 0 saturated carbocycles. The lowest BCUT2D eigenvalue weighted by molar-refractivity contribution is -0.0702. The van der Waals surface area contributed by atoms with Crippen LogP contribution in [-0.4, -0.2) is 26.4 Å². The van der Waals surface area contributed by atoms with Gasteiger partial charge < -0.3 is 18.1 Å². The second-order valence-corrected chi connectivity index (χ2v) is 16.7. The van der Waals surface area contributed by atoms with Crippen molar-refractivity contribution in [2.45, 2.75) is 11.3 Å². The van der Waals surface area contributed by atoms with Gasteiger partial charge in [0.25, 0.3) is 0 Å². The van der Waals surface area contributed by atoms with Crippen molar-refractivity contribution in [1.29, 1.82) is 0 Å². The van der Waals surface area contributed by atoms with Crippen molar-refractivity contribution in [1.82, 2.24) is 0 Å². The van der Waals surface area contributed by atoms with Crippen molar-refractivity contribution in [3.05, 3.63) is 168 Å². The van der Waals surface area contributed by atoms with Gasteiger partial charge in [-0.3, -0.25) is 9.13 Å². The van der Waals surface area contributed by atoms with Gasteiger partial charge in [0, 0.05) is 0 Å². The fourth-order valence-electron chi connectivity index (χ4n) is 6.84. The van der Waals surface area contributed by atoms with Gasteiger partial charge in [-0.2, -0.15) is 0 Å². The Morgan fingerprint density at radius 1 is 0.426 bits per heavy atom. The molecule has 0 N–H and O–H groups in total. The summed E-state index contributed by atoms with van der Waals surface area (Å²) in [5.74, 6) is 0. The smallest absolute Gasteiger partial charge is 0.307 e. The third-order valence-electron chi connectivity index (χ3n) is 9.30. The lowest BCUT2D eigenvalue weighted by atomic mass is 9.93. The second-order valence-electron chi connectivity index (χ2n) is 12.4. The summed E-state index contributed by atoms with van der Waals surface area (Å²) in [5, 5.41) is 4.08. The van der Waals surface area contributed by atoms with Crippen LogP contribution in [-0.2, 0) is 27.2 Å². The predicted octanol–water partition coefficient (Wildman–Crippen LogP) is 10.3. The molecule has 6 nitrogen and oxygen atoms in total. The highest BCUT2D eigenvalue weighted by Gasteiger charge is 2.53. The van der Waals surface area contributed by atoms with Crippen LogP contribution < -0.4 is 0 Å². The van der Waals surface area contributed by atoms with E-state index in [9.17, 15) is 4.57 Å². The maximum absolute atomic E-state index is 15.1. The molecule has 2 heterocycles. The molecule has 2 saturated heterocycles. The van der Waals surface area contributed by atoms with E-state index in [2.05, 4.69) is 36.4 Å². The highest BCUT2D eigenvalue weighted by atomic mass is 31.2. The minimum atomic E-state index is -3.80. The van der Waals surface area contributed by atoms with Crippen molar-refractivity contribution < 1.29 is 27.2 Å². The van der Waals surface area contributed by atoms with Crippen molar-refractivity contribution >= 4 is 36.7 Å². The average molecular weight is 661 g/mol. The second kappa shape index (κ2) is 12.3. The van der Waals surface area contributed by atoms with E-state index in [0.29, 0.717) is 0 Å². The maximum Gasteiger partial charge on any atom is 0.342 e. The molecule has 0 unspecified atom stereocenters. The summed E-state index contributed by atoms with van der Waals surface area (Å²) in [6.45, 7) is 0.344. The van der Waals surface area contributed by atoms with Crippen molar-refractivity contribution in [2.75, 3.05) is 26.4 Å². The molecule has 8 rings (SSSR count). The third kappa shape index (κ3) is 5.60. The van der Waals surface area contributed by atoms with Gasteiger partial charge in [-0.1, -0.05) is 146 Å². The predicted molar refractivity (Wildman–Crippen MR) is 186 cm³/mol. The lowest BCUT2D eigenvalue weighted by Crippen LogP contribution is -2.46. The lowest BCUT2D eigenvalue weighted by Gasteiger charge is -2.45. The molecule has 0 aliphatic carbocycles. The molecular weight excluding hydrogens is 626 g/mol. The minimum absolute atomic E-state index is 0.0810. The summed E-state index contributed by atoms with van der Waals surface area (Å²) < 4.78 is 54.8. The van der Waals surface area contributed by atoms with Crippen LogP contribution in [0.2, 0.25) is 0 Å². The third-order valence-corrected chi connectivity index (χ3v) is 13.7. The van der Waals surface area contributed by atoms with E-state index < -0.39 is 31.9 Å². The van der Waals surface area contributed by atoms with Crippen molar-refractivity contribution in [3.8, 4) is 0 Å². The van der Waals surface area contributed by atoms with Crippen LogP contribution >= 0.6 is 15.2 Å². The minimum Gasteiger partial charge on any atom is -0.307 e. The first-order valence-corrected chi connectivity index (χ1v) is 19.0. The van der Waals surface area contributed by atoms with Crippen LogP contribution in [0.15, 0.2) is 146 Å². The van der Waals surface area contributed by atoms with E-state index in [1.165, 1.54) is 0 Å². The molecule has 6 aromatic carbocycles. The van der Waals surface area contributed by atoms with Gasteiger partial charge in [-0.15, -0.1) is 0 Å². The van der Waals surface area contributed by atoms with E-state index in [1.54, 1.807) is 0 Å². The van der Waals surface area contributed by atoms with Crippen LogP contribution in [0, 0.1) is 5.41 Å². The first-order valence-electron chi connectivity index (χ1n) is 15.8. The zero-order chi connectivity index (χ0) is 31.9. The molecule has 0 radical (unpaired) electrons. The molecule has 2 aliphatic heterocycles. The van der Waals surface area contributed by atoms with Crippen LogP contribution in [0.5, 0.6) is 0 Å². The molecule has 0 amide bonds. The molecule has 0 bridgehead atoms. The van der Waals surface area contributed by atoms with E-state index in [-0.39, 0.29) is 26.4 Å². The fourth-order valence-corrected chi connectivity index (χ4v) is 11.6. The highest BCUT2D eigenvalue weighted by Crippen LogP contribution is 2.71. The largest absolute Gasteiger partial charge is 0.342 e. The topological polar surface area (TPSA) is 71.1 Å². The Labute approximate surface area is 274 Å². The Morgan fingerprint density at radius 2 is 0.787 bits per heavy atom. The summed E-state index contributed by atoms with van der Waals surface area (Å²) in [4.78, 5) is 0. The van der Waals surface area contributed by atoms with Gasteiger partial charge in [0.05, 0.1) is 31.8 Å². The van der Waals surface area contributed by atoms with Crippen LogP contribution in [0.4, 0.5) is 0 Å². The molecule has 2 aliphatic rings. The van der Waals surface area contributed by atoms with Crippen LogP contribution in [0.25, 0.3) is 21.5 Å². The Morgan fingerprint density at radius 3 is 1.23 bits per heavy atom. The average Bonchev–Trinajstić information content (AvgIpc) is 3.12. The first-order chi connectivity index (χ1) is 23.0. The van der Waals surface area contributed by atoms with Gasteiger partial charge in [0.15, 0.2) is 0 Å². The summed E-state index contributed by atoms with van der Waals surface area (Å²) in [6, 6.07) is 47.6. The standard InChI is InChI=1S/C39H34O6P2/c40-46(37(31-15-3-1-4-16-31)32-17-5-2-6-18-32)42-25-39(26-43-46)27-44-47(41,45-28-39)38(35-23-11-19-29-13-7-9-21-33(29)35)36-24-12-20-30-14-8-10-22-34(30)36/h1-24,37-38H,25-28H2. The SMILES string of the molecule is O=P1(C(c2ccccc2)c2ccccc2)OCC2(CO1)COP(=O)(C(c1cccc3ccccc13)c1cccc3ccccc13)OC2. The monoisotopic (exact) mass is 660 g/mol. The fraction of sp³-hybridized carbons (Fsp3) is 0.179. The molecule has 236 valence electrons. The quantitative estimate of drug-likeness (QED) is 0.166. The molecule has 47 heavy (non-hydrogen) atoms. The number of hydrogen-bond donors (Lipinski definition) is 0. The molecule has 1 spiro atoms. The number of rotatable bonds is 6. The van der Waals surface area contributed by atoms with E-state index in [4.69, 9.17) is 18.1 Å². The van der Waals surface area contributed by atoms with E-state index in [1.807, 2.05) is 109 Å². The maximum atomic E-state index is 15.1. The molecule has 0 atom stereocenters. The van der Waals surface area contributed by atoms with Gasteiger partial charge in [-0.25, -0.2) is 0 Å². The number of benzene rings is 6. The molecule has 0 aromatic heterocycles. The van der Waals surface area contributed by atoms with Gasteiger partial charge in [0.2, 0.25) is 0 Å². The Balaban J connectivity index is 1.11. The number of fused-ring (bicyclic) bond motifs is 2. The van der Waals surface area contributed by atoms with Gasteiger partial charge in [-0.05, 0) is 43.8 Å². The molecule has 6 aromatic rings. The summed E-state index contributed by atoms with van der Waals surface area (Å²) in [6.07, 6.45) is 0. The van der Waals surface area contributed by atoms with Crippen LogP contribution in [0.1, 0.15) is 33.6 Å². The van der Waals surface area contributed by atoms with E-state index >= 15 is 4.57 Å². The summed E-state index contributed by atoms with van der Waals surface area (Å²) in [5.41, 5.74) is 1.45. The van der Waals surface area contributed by atoms with Gasteiger partial charge >= 0.3 is 15.2 Å². The number of hydrogen-bond acceptors (Lipinski definition) is 6. The van der Waals surface area contributed by atoms with Crippen LogP contribution in [0.3, 0.4) is 0 Å². The Hall–Kier alpha value is -3.86. The Kier molecular flexibility index (Phi) is 7.98. The Bertz CT molecular complexity index is 2000.